The van der Waals surface area contributed by atoms with Crippen LogP contribution in [-0.2, 0) is 0 Å². The standard InChI is InChI=1S/C22H20BrFN4O2/c1-13-10-19(18-11-14(23)2-7-20(18)25-13)21(29)28-9-8-17(12-28)27-22(30)26-16-5-3-15(24)4-6-16/h2-7,10-11,17H,8-9,12H2,1H3,(H2,26,27,30). The maximum Gasteiger partial charge on any atom is 0.319 e. The number of nitrogens with one attached hydrogen (secondary N) is 2. The van der Waals surface area contributed by atoms with Crippen molar-refractivity contribution < 1.29 is 14.0 Å². The molecule has 1 unspecified atom stereocenters. The second kappa shape index (κ2) is 8.39. The fourth-order valence-corrected chi connectivity index (χ4v) is 3.99. The van der Waals surface area contributed by atoms with E-state index in [0.29, 0.717) is 30.8 Å². The molecule has 4 rings (SSSR count). The highest BCUT2D eigenvalue weighted by Gasteiger charge is 2.29. The number of carbonyl (C=O) groups is 2. The number of fused-ring (bicyclic) bond motifs is 1. The number of pyridine rings is 1. The summed E-state index contributed by atoms with van der Waals surface area (Å²) in [5, 5.41) is 6.35. The molecule has 0 aliphatic carbocycles. The van der Waals surface area contributed by atoms with E-state index in [9.17, 15) is 14.0 Å². The summed E-state index contributed by atoms with van der Waals surface area (Å²) in [5.74, 6) is -0.441. The Bertz CT molecular complexity index is 1120. The second-order valence-electron chi connectivity index (χ2n) is 7.31. The van der Waals surface area contributed by atoms with Crippen molar-refractivity contribution in [1.82, 2.24) is 15.2 Å². The van der Waals surface area contributed by atoms with Crippen molar-refractivity contribution in [2.45, 2.75) is 19.4 Å². The number of benzene rings is 2. The van der Waals surface area contributed by atoms with Gasteiger partial charge in [-0.15, -0.1) is 0 Å². The van der Waals surface area contributed by atoms with Gasteiger partial charge >= 0.3 is 6.03 Å². The van der Waals surface area contributed by atoms with Gasteiger partial charge in [0.1, 0.15) is 5.82 Å². The van der Waals surface area contributed by atoms with Gasteiger partial charge in [-0.2, -0.15) is 0 Å². The fourth-order valence-electron chi connectivity index (χ4n) is 3.63. The number of rotatable bonds is 3. The van der Waals surface area contributed by atoms with Crippen LogP contribution in [0.1, 0.15) is 22.5 Å². The molecule has 1 aromatic heterocycles. The Hall–Kier alpha value is -3.00. The first-order valence-corrected chi connectivity index (χ1v) is 10.4. The van der Waals surface area contributed by atoms with Gasteiger partial charge in [0.15, 0.2) is 0 Å². The summed E-state index contributed by atoms with van der Waals surface area (Å²) in [6, 6.07) is 12.5. The molecule has 0 saturated carbocycles. The molecule has 1 aliphatic heterocycles. The Kier molecular flexibility index (Phi) is 5.67. The maximum atomic E-state index is 13.2. The highest BCUT2D eigenvalue weighted by Crippen LogP contribution is 2.25. The van der Waals surface area contributed by atoms with Crippen molar-refractivity contribution in [1.29, 1.82) is 0 Å². The van der Waals surface area contributed by atoms with E-state index in [1.165, 1.54) is 24.3 Å². The molecular weight excluding hydrogens is 451 g/mol. The highest BCUT2D eigenvalue weighted by molar-refractivity contribution is 9.10. The van der Waals surface area contributed by atoms with E-state index in [2.05, 4.69) is 31.5 Å². The number of nitrogens with zero attached hydrogens (tertiary/aromatic N) is 2. The molecule has 6 nitrogen and oxygen atoms in total. The number of urea groups is 1. The summed E-state index contributed by atoms with van der Waals surface area (Å²) in [6.45, 7) is 2.84. The molecule has 0 radical (unpaired) electrons. The van der Waals surface area contributed by atoms with Gasteiger partial charge in [-0.3, -0.25) is 9.78 Å². The molecule has 30 heavy (non-hydrogen) atoms. The number of carbonyl (C=O) groups excluding carboxylic acids is 2. The first-order chi connectivity index (χ1) is 14.4. The third-order valence-electron chi connectivity index (χ3n) is 5.04. The molecule has 1 aliphatic rings. The quantitative estimate of drug-likeness (QED) is 0.592. The Morgan fingerprint density at radius 1 is 1.17 bits per heavy atom. The van der Waals surface area contributed by atoms with Crippen molar-refractivity contribution in [3.8, 4) is 0 Å². The Morgan fingerprint density at radius 3 is 2.70 bits per heavy atom. The summed E-state index contributed by atoms with van der Waals surface area (Å²) in [6.07, 6.45) is 0.661. The van der Waals surface area contributed by atoms with E-state index in [-0.39, 0.29) is 23.8 Å². The maximum absolute atomic E-state index is 13.2. The van der Waals surface area contributed by atoms with Crippen LogP contribution in [0, 0.1) is 12.7 Å². The molecule has 0 bridgehead atoms. The van der Waals surface area contributed by atoms with E-state index < -0.39 is 0 Å². The molecule has 2 aromatic carbocycles. The van der Waals surface area contributed by atoms with Gasteiger partial charge in [0, 0.05) is 40.4 Å². The number of likely N-dealkylation sites (tertiary alicyclic amines) is 1. The van der Waals surface area contributed by atoms with E-state index >= 15 is 0 Å². The molecule has 3 amide bonds. The van der Waals surface area contributed by atoms with Gasteiger partial charge in [-0.05, 0) is 61.9 Å². The lowest BCUT2D eigenvalue weighted by Gasteiger charge is -2.19. The van der Waals surface area contributed by atoms with Crippen molar-refractivity contribution in [2.24, 2.45) is 0 Å². The molecule has 3 aromatic rings. The van der Waals surface area contributed by atoms with E-state index in [1.54, 1.807) is 11.0 Å². The molecule has 2 heterocycles. The third-order valence-corrected chi connectivity index (χ3v) is 5.54. The zero-order chi connectivity index (χ0) is 21.3. The van der Waals surface area contributed by atoms with Crippen LogP contribution in [0.25, 0.3) is 10.9 Å². The summed E-state index contributed by atoms with van der Waals surface area (Å²) in [5.41, 5.74) is 2.66. The summed E-state index contributed by atoms with van der Waals surface area (Å²) >= 11 is 3.46. The van der Waals surface area contributed by atoms with Crippen LogP contribution in [0.4, 0.5) is 14.9 Å². The largest absolute Gasteiger partial charge is 0.336 e. The van der Waals surface area contributed by atoms with Crippen molar-refractivity contribution >= 4 is 44.5 Å². The highest BCUT2D eigenvalue weighted by atomic mass is 79.9. The number of amides is 3. The average Bonchev–Trinajstić information content (AvgIpc) is 3.17. The minimum Gasteiger partial charge on any atom is -0.336 e. The number of hydrogen-bond acceptors (Lipinski definition) is 3. The summed E-state index contributed by atoms with van der Waals surface area (Å²) in [7, 11) is 0. The van der Waals surface area contributed by atoms with Gasteiger partial charge in [0.2, 0.25) is 0 Å². The first kappa shape index (κ1) is 20.3. The minimum absolute atomic E-state index is 0.0770. The van der Waals surface area contributed by atoms with Crippen LogP contribution < -0.4 is 10.6 Å². The fraction of sp³-hybridized carbons (Fsp3) is 0.227. The summed E-state index contributed by atoms with van der Waals surface area (Å²) < 4.78 is 13.9. The third kappa shape index (κ3) is 4.43. The van der Waals surface area contributed by atoms with Crippen LogP contribution >= 0.6 is 15.9 Å². The molecule has 1 fully saturated rings. The lowest BCUT2D eigenvalue weighted by molar-refractivity contribution is 0.0791. The Morgan fingerprint density at radius 2 is 1.93 bits per heavy atom. The first-order valence-electron chi connectivity index (χ1n) is 9.58. The summed E-state index contributed by atoms with van der Waals surface area (Å²) in [4.78, 5) is 31.7. The zero-order valence-electron chi connectivity index (χ0n) is 16.3. The second-order valence-corrected chi connectivity index (χ2v) is 8.23. The zero-order valence-corrected chi connectivity index (χ0v) is 17.9. The lowest BCUT2D eigenvalue weighted by atomic mass is 10.1. The van der Waals surface area contributed by atoms with Gasteiger partial charge in [-0.25, -0.2) is 9.18 Å². The monoisotopic (exact) mass is 470 g/mol. The molecule has 0 spiro atoms. The SMILES string of the molecule is Cc1cc(C(=O)N2CCC(NC(=O)Nc3ccc(F)cc3)C2)c2cc(Br)ccc2n1. The van der Waals surface area contributed by atoms with Crippen molar-refractivity contribution in [3.05, 3.63) is 70.1 Å². The predicted octanol–water partition coefficient (Wildman–Crippen LogP) is 4.48. The van der Waals surface area contributed by atoms with E-state index in [0.717, 1.165) is 21.1 Å². The molecule has 1 saturated heterocycles. The van der Waals surface area contributed by atoms with Crippen molar-refractivity contribution in [2.75, 3.05) is 18.4 Å². The van der Waals surface area contributed by atoms with Crippen LogP contribution in [-0.4, -0.2) is 41.0 Å². The van der Waals surface area contributed by atoms with Crippen LogP contribution in [0.15, 0.2) is 53.0 Å². The minimum atomic E-state index is -0.380. The molecule has 2 N–H and O–H groups in total. The Balaban J connectivity index is 1.44. The molecule has 1 atom stereocenters. The number of aromatic nitrogens is 1. The number of halogens is 2. The topological polar surface area (TPSA) is 74.3 Å². The predicted molar refractivity (Wildman–Crippen MR) is 117 cm³/mol. The molecular formula is C22H20BrFN4O2. The van der Waals surface area contributed by atoms with Crippen LogP contribution in [0.5, 0.6) is 0 Å². The van der Waals surface area contributed by atoms with E-state index in [4.69, 9.17) is 0 Å². The number of hydrogen-bond donors (Lipinski definition) is 2. The normalized spacial score (nSPS) is 16.0. The Labute approximate surface area is 181 Å². The van der Waals surface area contributed by atoms with Gasteiger partial charge in [-0.1, -0.05) is 15.9 Å². The van der Waals surface area contributed by atoms with Gasteiger partial charge < -0.3 is 15.5 Å². The number of aryl methyl sites for hydroxylation is 1. The van der Waals surface area contributed by atoms with E-state index in [1.807, 2.05) is 25.1 Å². The molecule has 8 heteroatoms. The molecule has 154 valence electrons. The number of anilines is 1. The van der Waals surface area contributed by atoms with Crippen molar-refractivity contribution in [3.63, 3.8) is 0 Å². The lowest BCUT2D eigenvalue weighted by Crippen LogP contribution is -2.40. The average molecular weight is 471 g/mol. The van der Waals surface area contributed by atoms with Gasteiger partial charge in [0.05, 0.1) is 11.1 Å². The van der Waals surface area contributed by atoms with Crippen LogP contribution in [0.3, 0.4) is 0 Å². The smallest absolute Gasteiger partial charge is 0.319 e. The van der Waals surface area contributed by atoms with Gasteiger partial charge in [0.25, 0.3) is 5.91 Å². The van der Waals surface area contributed by atoms with Crippen LogP contribution in [0.2, 0.25) is 0 Å².